The molecule has 144 valence electrons. The maximum atomic E-state index is 11.9. The Kier molecular flexibility index (Phi) is 4.23. The third kappa shape index (κ3) is 3.02. The fourth-order valence-corrected chi connectivity index (χ4v) is 4.87. The lowest BCUT2D eigenvalue weighted by Gasteiger charge is -2.47. The van der Waals surface area contributed by atoms with E-state index in [9.17, 15) is 4.79 Å². The van der Waals surface area contributed by atoms with Crippen LogP contribution in [0.25, 0.3) is 0 Å². The largest absolute Gasteiger partial charge is 0.454 e. The lowest BCUT2D eigenvalue weighted by atomic mass is 9.66. The number of thiocarbonyl (C=S) groups is 1. The van der Waals surface area contributed by atoms with Crippen molar-refractivity contribution in [1.29, 1.82) is 0 Å². The van der Waals surface area contributed by atoms with E-state index in [0.29, 0.717) is 23.7 Å². The molecule has 0 aromatic heterocycles. The molecular weight excluding hydrogens is 372 g/mol. The molecule has 1 aliphatic carbocycles. The number of anilines is 1. The van der Waals surface area contributed by atoms with Gasteiger partial charge in [0, 0.05) is 37.0 Å². The number of hydrogen-bond donors (Lipinski definition) is 1. The van der Waals surface area contributed by atoms with Gasteiger partial charge in [-0.1, -0.05) is 18.2 Å². The van der Waals surface area contributed by atoms with Crippen LogP contribution in [0, 0.1) is 0 Å². The highest BCUT2D eigenvalue weighted by Crippen LogP contribution is 2.48. The summed E-state index contributed by atoms with van der Waals surface area (Å²) in [6.45, 7) is 1.80. The molecule has 3 aliphatic rings. The first-order valence-corrected chi connectivity index (χ1v) is 10.1. The fraction of sp³-hybridized carbons (Fsp3) is 0.364. The molecule has 0 unspecified atom stereocenters. The summed E-state index contributed by atoms with van der Waals surface area (Å²) in [5, 5.41) is 4.07. The van der Waals surface area contributed by atoms with E-state index in [-0.39, 0.29) is 12.2 Å². The highest BCUT2D eigenvalue weighted by Gasteiger charge is 2.43. The van der Waals surface area contributed by atoms with E-state index in [1.807, 2.05) is 30.3 Å². The van der Waals surface area contributed by atoms with Gasteiger partial charge in [-0.3, -0.25) is 4.79 Å². The maximum absolute atomic E-state index is 11.9. The van der Waals surface area contributed by atoms with Gasteiger partial charge >= 0.3 is 0 Å². The normalized spacial score (nSPS) is 19.4. The number of hydrogen-bond acceptors (Lipinski definition) is 4. The monoisotopic (exact) mass is 394 g/mol. The van der Waals surface area contributed by atoms with Gasteiger partial charge in [0.05, 0.1) is 0 Å². The highest BCUT2D eigenvalue weighted by atomic mass is 32.1. The Bertz CT molecular complexity index is 934. The third-order valence-corrected chi connectivity index (χ3v) is 6.46. The Morgan fingerprint density at radius 3 is 2.54 bits per heavy atom. The van der Waals surface area contributed by atoms with Crippen molar-refractivity contribution in [3.63, 3.8) is 0 Å². The SMILES string of the molecule is O=C1CCC2(CC1)CN(C(=S)Nc1ccccc1)Cc1cc3c(cc12)OCO3. The first-order chi connectivity index (χ1) is 13.6. The van der Waals surface area contributed by atoms with Crippen molar-refractivity contribution < 1.29 is 14.3 Å². The van der Waals surface area contributed by atoms with E-state index in [1.165, 1.54) is 11.1 Å². The molecule has 0 radical (unpaired) electrons. The van der Waals surface area contributed by atoms with Crippen molar-refractivity contribution >= 4 is 28.8 Å². The number of benzene rings is 2. The van der Waals surface area contributed by atoms with Gasteiger partial charge in [0.1, 0.15) is 5.78 Å². The Labute approximate surface area is 169 Å². The van der Waals surface area contributed by atoms with E-state index >= 15 is 0 Å². The van der Waals surface area contributed by atoms with Gasteiger partial charge in [-0.05, 0) is 60.5 Å². The number of ketones is 1. The van der Waals surface area contributed by atoms with Crippen molar-refractivity contribution in [1.82, 2.24) is 4.90 Å². The second kappa shape index (κ2) is 6.78. The third-order valence-electron chi connectivity index (χ3n) is 6.10. The topological polar surface area (TPSA) is 50.8 Å². The molecule has 6 heteroatoms. The van der Waals surface area contributed by atoms with E-state index in [4.69, 9.17) is 21.7 Å². The molecule has 1 spiro atoms. The molecule has 2 aromatic carbocycles. The molecule has 5 rings (SSSR count). The van der Waals surface area contributed by atoms with E-state index < -0.39 is 0 Å². The number of Topliss-reactive ketones (excluding diaryl/α,β-unsaturated/α-hetero) is 1. The lowest BCUT2D eigenvalue weighted by Crippen LogP contribution is -2.50. The molecule has 1 fully saturated rings. The van der Waals surface area contributed by atoms with Gasteiger partial charge in [-0.2, -0.15) is 0 Å². The van der Waals surface area contributed by atoms with Gasteiger partial charge in [0.2, 0.25) is 6.79 Å². The van der Waals surface area contributed by atoms with Crippen molar-refractivity contribution in [2.45, 2.75) is 37.6 Å². The van der Waals surface area contributed by atoms with Crippen LogP contribution in [0.3, 0.4) is 0 Å². The summed E-state index contributed by atoms with van der Waals surface area (Å²) >= 11 is 5.75. The van der Waals surface area contributed by atoms with Crippen LogP contribution >= 0.6 is 12.2 Å². The smallest absolute Gasteiger partial charge is 0.231 e. The summed E-state index contributed by atoms with van der Waals surface area (Å²) in [5.74, 6) is 1.97. The summed E-state index contributed by atoms with van der Waals surface area (Å²) in [7, 11) is 0. The molecule has 5 nitrogen and oxygen atoms in total. The predicted molar refractivity (Wildman–Crippen MR) is 111 cm³/mol. The van der Waals surface area contributed by atoms with Crippen LogP contribution in [0.15, 0.2) is 42.5 Å². The average Bonchev–Trinajstić information content (AvgIpc) is 3.17. The van der Waals surface area contributed by atoms with Crippen molar-refractivity contribution in [2.24, 2.45) is 0 Å². The molecule has 2 aromatic rings. The van der Waals surface area contributed by atoms with Gasteiger partial charge < -0.3 is 19.7 Å². The molecule has 0 amide bonds. The number of nitrogens with one attached hydrogen (secondary N) is 1. The van der Waals surface area contributed by atoms with Gasteiger partial charge in [-0.25, -0.2) is 0 Å². The minimum Gasteiger partial charge on any atom is -0.454 e. The Morgan fingerprint density at radius 2 is 1.79 bits per heavy atom. The Hall–Kier alpha value is -2.60. The quantitative estimate of drug-likeness (QED) is 0.738. The average molecular weight is 394 g/mol. The first-order valence-electron chi connectivity index (χ1n) is 9.69. The molecule has 0 bridgehead atoms. The highest BCUT2D eigenvalue weighted by molar-refractivity contribution is 7.80. The van der Waals surface area contributed by atoms with E-state index in [0.717, 1.165) is 43.1 Å². The van der Waals surface area contributed by atoms with Crippen LogP contribution < -0.4 is 14.8 Å². The van der Waals surface area contributed by atoms with Crippen molar-refractivity contribution in [2.75, 3.05) is 18.7 Å². The van der Waals surface area contributed by atoms with Crippen molar-refractivity contribution in [3.8, 4) is 11.5 Å². The standard InChI is InChI=1S/C22H22N2O3S/c25-17-6-8-22(9-7-17)13-24(21(28)23-16-4-2-1-3-5-16)12-15-10-19-20(11-18(15)22)27-14-26-19/h1-5,10-11H,6-9,12-14H2,(H,23,28). The molecule has 1 saturated carbocycles. The van der Waals surface area contributed by atoms with Gasteiger partial charge in [-0.15, -0.1) is 0 Å². The van der Waals surface area contributed by atoms with Crippen molar-refractivity contribution in [3.05, 3.63) is 53.6 Å². The molecular formula is C22H22N2O3S. The Morgan fingerprint density at radius 1 is 1.07 bits per heavy atom. The van der Waals surface area contributed by atoms with Crippen LogP contribution in [-0.2, 0) is 16.8 Å². The van der Waals surface area contributed by atoms with Crippen LogP contribution in [0.1, 0.15) is 36.8 Å². The van der Waals surface area contributed by atoms with Gasteiger partial charge in [0.15, 0.2) is 16.6 Å². The van der Waals surface area contributed by atoms with Crippen LogP contribution in [0.2, 0.25) is 0 Å². The molecule has 0 atom stereocenters. The van der Waals surface area contributed by atoms with E-state index in [2.05, 4.69) is 22.3 Å². The molecule has 1 N–H and O–H groups in total. The predicted octanol–water partition coefficient (Wildman–Crippen LogP) is 4.01. The van der Waals surface area contributed by atoms with Crippen LogP contribution in [0.5, 0.6) is 11.5 Å². The summed E-state index contributed by atoms with van der Waals surface area (Å²) in [6.07, 6.45) is 2.95. The number of para-hydroxylation sites is 1. The summed E-state index contributed by atoms with van der Waals surface area (Å²) in [4.78, 5) is 14.2. The minimum absolute atomic E-state index is 0.0785. The minimum atomic E-state index is -0.0785. The number of carbonyl (C=O) groups is 1. The summed E-state index contributed by atoms with van der Waals surface area (Å²) in [6, 6.07) is 14.2. The lowest BCUT2D eigenvalue weighted by molar-refractivity contribution is -0.121. The number of carbonyl (C=O) groups excluding carboxylic acids is 1. The molecule has 28 heavy (non-hydrogen) atoms. The molecule has 2 aliphatic heterocycles. The zero-order valence-corrected chi connectivity index (χ0v) is 16.4. The number of ether oxygens (including phenoxy) is 2. The second-order valence-corrected chi connectivity index (χ2v) is 8.22. The van der Waals surface area contributed by atoms with Crippen LogP contribution in [0.4, 0.5) is 5.69 Å². The van der Waals surface area contributed by atoms with E-state index in [1.54, 1.807) is 0 Å². The zero-order valence-electron chi connectivity index (χ0n) is 15.6. The molecule has 2 heterocycles. The zero-order chi connectivity index (χ0) is 19.1. The van der Waals surface area contributed by atoms with Crippen LogP contribution in [-0.4, -0.2) is 29.1 Å². The fourth-order valence-electron chi connectivity index (χ4n) is 4.62. The number of nitrogens with zero attached hydrogens (tertiary/aromatic N) is 1. The van der Waals surface area contributed by atoms with Gasteiger partial charge in [0.25, 0.3) is 0 Å². The Balaban J connectivity index is 1.49. The first kappa shape index (κ1) is 17.5. The molecule has 0 saturated heterocycles. The number of fused-ring (bicyclic) bond motifs is 3. The summed E-state index contributed by atoms with van der Waals surface area (Å²) in [5.41, 5.74) is 3.41. The maximum Gasteiger partial charge on any atom is 0.231 e. The number of rotatable bonds is 1. The second-order valence-electron chi connectivity index (χ2n) is 7.83. The summed E-state index contributed by atoms with van der Waals surface area (Å²) < 4.78 is 11.2.